The zero-order valence-electron chi connectivity index (χ0n) is 12.2. The summed E-state index contributed by atoms with van der Waals surface area (Å²) in [6, 6.07) is 3.50. The summed E-state index contributed by atoms with van der Waals surface area (Å²) in [6.45, 7) is 0.491. The molecule has 2 aromatic rings. The number of rotatable bonds is 6. The van der Waals surface area contributed by atoms with E-state index in [4.69, 9.17) is 13.7 Å². The van der Waals surface area contributed by atoms with Gasteiger partial charge < -0.3 is 13.7 Å². The van der Waals surface area contributed by atoms with Gasteiger partial charge >= 0.3 is 5.97 Å². The van der Waals surface area contributed by atoms with Crippen LogP contribution in [0.25, 0.3) is 11.6 Å². The van der Waals surface area contributed by atoms with Crippen LogP contribution in [-0.4, -0.2) is 22.7 Å². The van der Waals surface area contributed by atoms with E-state index in [0.717, 1.165) is 19.3 Å². The number of hydrogen-bond donors (Lipinski definition) is 0. The van der Waals surface area contributed by atoms with E-state index >= 15 is 0 Å². The predicted octanol–water partition coefficient (Wildman–Crippen LogP) is 3.16. The SMILES string of the molecule is O=C(CCc1nc(-c2ccco2)no1)OCC1CC=CCC1. The van der Waals surface area contributed by atoms with Gasteiger partial charge in [0, 0.05) is 6.42 Å². The lowest BCUT2D eigenvalue weighted by atomic mass is 9.95. The molecule has 22 heavy (non-hydrogen) atoms. The molecule has 1 aliphatic rings. The van der Waals surface area contributed by atoms with Crippen LogP contribution in [0.3, 0.4) is 0 Å². The Kier molecular flexibility index (Phi) is 4.68. The molecular formula is C16H18N2O4. The summed E-state index contributed by atoms with van der Waals surface area (Å²) in [7, 11) is 0. The maximum Gasteiger partial charge on any atom is 0.306 e. The molecule has 0 saturated heterocycles. The molecule has 116 valence electrons. The van der Waals surface area contributed by atoms with E-state index in [2.05, 4.69) is 22.3 Å². The molecule has 0 aromatic carbocycles. The number of carbonyl (C=O) groups excluding carboxylic acids is 1. The van der Waals surface area contributed by atoms with Crippen molar-refractivity contribution in [3.8, 4) is 11.6 Å². The maximum atomic E-state index is 11.7. The zero-order chi connectivity index (χ0) is 15.2. The Bertz CT molecular complexity index is 630. The minimum atomic E-state index is -0.229. The first kappa shape index (κ1) is 14.6. The highest BCUT2D eigenvalue weighted by Crippen LogP contribution is 2.19. The Morgan fingerprint density at radius 3 is 3.14 bits per heavy atom. The van der Waals surface area contributed by atoms with Gasteiger partial charge in [-0.25, -0.2) is 0 Å². The number of aromatic nitrogens is 2. The van der Waals surface area contributed by atoms with Crippen LogP contribution >= 0.6 is 0 Å². The lowest BCUT2D eigenvalue weighted by Gasteiger charge is -2.17. The normalized spacial score (nSPS) is 17.5. The third-order valence-electron chi connectivity index (χ3n) is 3.61. The van der Waals surface area contributed by atoms with Crippen molar-refractivity contribution in [2.24, 2.45) is 5.92 Å². The molecule has 0 bridgehead atoms. The summed E-state index contributed by atoms with van der Waals surface area (Å²) in [4.78, 5) is 15.9. The van der Waals surface area contributed by atoms with Crippen molar-refractivity contribution >= 4 is 5.97 Å². The number of furan rings is 1. The number of carbonyl (C=O) groups is 1. The number of nitrogens with zero attached hydrogens (tertiary/aromatic N) is 2. The van der Waals surface area contributed by atoms with Crippen molar-refractivity contribution in [2.75, 3.05) is 6.61 Å². The van der Waals surface area contributed by atoms with Gasteiger partial charge in [-0.05, 0) is 37.3 Å². The summed E-state index contributed by atoms with van der Waals surface area (Å²) in [5.41, 5.74) is 0. The third kappa shape index (κ3) is 3.84. The maximum absolute atomic E-state index is 11.7. The van der Waals surface area contributed by atoms with Crippen molar-refractivity contribution in [3.05, 3.63) is 36.4 Å². The van der Waals surface area contributed by atoms with Gasteiger partial charge in [0.15, 0.2) is 5.76 Å². The van der Waals surface area contributed by atoms with E-state index in [-0.39, 0.29) is 12.4 Å². The van der Waals surface area contributed by atoms with Gasteiger partial charge in [-0.2, -0.15) is 4.98 Å². The molecule has 1 unspecified atom stereocenters. The van der Waals surface area contributed by atoms with Crippen molar-refractivity contribution in [3.63, 3.8) is 0 Å². The molecule has 0 saturated carbocycles. The first-order valence-electron chi connectivity index (χ1n) is 7.48. The van der Waals surface area contributed by atoms with E-state index in [1.807, 2.05) is 0 Å². The number of hydrogen-bond acceptors (Lipinski definition) is 6. The van der Waals surface area contributed by atoms with Crippen molar-refractivity contribution in [2.45, 2.75) is 32.1 Å². The first-order valence-corrected chi connectivity index (χ1v) is 7.48. The Morgan fingerprint density at radius 2 is 2.36 bits per heavy atom. The lowest BCUT2D eigenvalue weighted by molar-refractivity contribution is -0.145. The smallest absolute Gasteiger partial charge is 0.306 e. The van der Waals surface area contributed by atoms with Crippen LogP contribution in [-0.2, 0) is 16.0 Å². The number of aryl methyl sites for hydroxylation is 1. The second kappa shape index (κ2) is 7.06. The molecule has 2 heterocycles. The fraction of sp³-hybridized carbons (Fsp3) is 0.438. The van der Waals surface area contributed by atoms with Crippen LogP contribution in [0.15, 0.2) is 39.5 Å². The van der Waals surface area contributed by atoms with Gasteiger partial charge in [-0.15, -0.1) is 0 Å². The second-order valence-electron chi connectivity index (χ2n) is 5.32. The summed E-state index contributed by atoms with van der Waals surface area (Å²) in [5.74, 6) is 1.56. The van der Waals surface area contributed by atoms with Crippen LogP contribution in [0, 0.1) is 5.92 Å². The highest BCUT2D eigenvalue weighted by atomic mass is 16.5. The van der Waals surface area contributed by atoms with Crippen molar-refractivity contribution in [1.29, 1.82) is 0 Å². The molecule has 0 aliphatic heterocycles. The lowest BCUT2D eigenvalue weighted by Crippen LogP contribution is -2.15. The minimum absolute atomic E-state index is 0.229. The van der Waals surface area contributed by atoms with E-state index in [1.54, 1.807) is 18.4 Å². The predicted molar refractivity (Wildman–Crippen MR) is 77.8 cm³/mol. The Morgan fingerprint density at radius 1 is 1.41 bits per heavy atom. The quantitative estimate of drug-likeness (QED) is 0.602. The van der Waals surface area contributed by atoms with Gasteiger partial charge in [0.25, 0.3) is 0 Å². The van der Waals surface area contributed by atoms with Crippen LogP contribution < -0.4 is 0 Å². The molecule has 0 N–H and O–H groups in total. The molecule has 1 atom stereocenters. The van der Waals surface area contributed by atoms with E-state index in [9.17, 15) is 4.79 Å². The number of allylic oxidation sites excluding steroid dienone is 2. The molecule has 0 amide bonds. The summed E-state index contributed by atoms with van der Waals surface area (Å²) in [5, 5.41) is 3.82. The van der Waals surface area contributed by atoms with Crippen LogP contribution in [0.1, 0.15) is 31.6 Å². The molecule has 6 heteroatoms. The van der Waals surface area contributed by atoms with Crippen LogP contribution in [0.5, 0.6) is 0 Å². The molecular weight excluding hydrogens is 284 g/mol. The Balaban J connectivity index is 1.42. The van der Waals surface area contributed by atoms with Crippen molar-refractivity contribution in [1.82, 2.24) is 10.1 Å². The van der Waals surface area contributed by atoms with Gasteiger partial charge in [0.2, 0.25) is 11.7 Å². The summed E-state index contributed by atoms with van der Waals surface area (Å²) >= 11 is 0. The van der Waals surface area contributed by atoms with Gasteiger partial charge in [-0.3, -0.25) is 4.79 Å². The molecule has 2 aromatic heterocycles. The fourth-order valence-corrected chi connectivity index (χ4v) is 2.36. The van der Waals surface area contributed by atoms with Crippen LogP contribution in [0.2, 0.25) is 0 Å². The minimum Gasteiger partial charge on any atom is -0.465 e. The summed E-state index contributed by atoms with van der Waals surface area (Å²) in [6.07, 6.45) is 9.62. The largest absolute Gasteiger partial charge is 0.465 e. The van der Waals surface area contributed by atoms with E-state index in [0.29, 0.717) is 36.4 Å². The van der Waals surface area contributed by atoms with Crippen LogP contribution in [0.4, 0.5) is 0 Å². The molecule has 3 rings (SSSR count). The third-order valence-corrected chi connectivity index (χ3v) is 3.61. The summed E-state index contributed by atoms with van der Waals surface area (Å²) < 4.78 is 15.6. The van der Waals surface area contributed by atoms with Gasteiger partial charge in [0.1, 0.15) is 0 Å². The average Bonchev–Trinajstić information content (AvgIpc) is 3.22. The molecule has 0 radical (unpaired) electrons. The molecule has 0 spiro atoms. The Hall–Kier alpha value is -2.37. The standard InChI is InChI=1S/C16H18N2O4/c19-15(21-11-12-5-2-1-3-6-12)9-8-14-17-16(18-22-14)13-7-4-10-20-13/h1-2,4,7,10,12H,3,5-6,8-9,11H2. The number of esters is 1. The monoisotopic (exact) mass is 302 g/mol. The molecule has 1 aliphatic carbocycles. The molecule has 6 nitrogen and oxygen atoms in total. The number of ether oxygens (including phenoxy) is 1. The first-order chi connectivity index (χ1) is 10.8. The highest BCUT2D eigenvalue weighted by molar-refractivity contribution is 5.69. The fourth-order valence-electron chi connectivity index (χ4n) is 2.36. The topological polar surface area (TPSA) is 78.4 Å². The van der Waals surface area contributed by atoms with Gasteiger partial charge in [0.05, 0.1) is 19.3 Å². The Labute approximate surface area is 128 Å². The van der Waals surface area contributed by atoms with Gasteiger partial charge in [-0.1, -0.05) is 17.3 Å². The highest BCUT2D eigenvalue weighted by Gasteiger charge is 2.15. The second-order valence-corrected chi connectivity index (χ2v) is 5.32. The van der Waals surface area contributed by atoms with E-state index in [1.165, 1.54) is 0 Å². The van der Waals surface area contributed by atoms with E-state index < -0.39 is 0 Å². The van der Waals surface area contributed by atoms with Crippen molar-refractivity contribution < 1.29 is 18.5 Å². The zero-order valence-corrected chi connectivity index (χ0v) is 12.2. The molecule has 0 fully saturated rings. The average molecular weight is 302 g/mol.